The van der Waals surface area contributed by atoms with E-state index in [9.17, 15) is 24.3 Å². The van der Waals surface area contributed by atoms with Crippen LogP contribution in [0.15, 0.2) is 61.0 Å². The van der Waals surface area contributed by atoms with E-state index in [0.29, 0.717) is 22.5 Å². The van der Waals surface area contributed by atoms with Crippen molar-refractivity contribution >= 4 is 23.4 Å². The number of nitrogens with zero attached hydrogens (tertiary/aromatic N) is 2. The molecule has 0 spiro atoms. The van der Waals surface area contributed by atoms with Crippen LogP contribution in [0.4, 0.5) is 0 Å². The molecule has 3 aromatic rings. The van der Waals surface area contributed by atoms with Gasteiger partial charge in [-0.3, -0.25) is 24.1 Å². The zero-order chi connectivity index (χ0) is 23.0. The number of allylic oxidation sites excluding steroid dienone is 1. The second-order valence-electron chi connectivity index (χ2n) is 6.87. The first kappa shape index (κ1) is 21.2. The summed E-state index contributed by atoms with van der Waals surface area (Å²) in [5, 5.41) is 9.98. The maximum Gasteiger partial charge on any atom is 0.338 e. The van der Waals surface area contributed by atoms with Crippen molar-refractivity contribution in [3.8, 4) is 5.88 Å². The lowest BCUT2D eigenvalue weighted by atomic mass is 9.95. The van der Waals surface area contributed by atoms with E-state index in [2.05, 4.69) is 9.98 Å². The zero-order valence-electron chi connectivity index (χ0n) is 17.0. The lowest BCUT2D eigenvalue weighted by molar-refractivity contribution is -0.136. The van der Waals surface area contributed by atoms with Crippen molar-refractivity contribution in [3.05, 3.63) is 93.3 Å². The van der Waals surface area contributed by atoms with Gasteiger partial charge < -0.3 is 9.84 Å². The molecule has 0 radical (unpaired) electrons. The molecule has 1 aliphatic rings. The van der Waals surface area contributed by atoms with Gasteiger partial charge in [0.25, 0.3) is 11.1 Å². The second kappa shape index (κ2) is 8.27. The van der Waals surface area contributed by atoms with Crippen molar-refractivity contribution < 1.29 is 14.6 Å². The fourth-order valence-corrected chi connectivity index (χ4v) is 4.57. The number of nitrogens with one attached hydrogen (secondary N) is 2. The molecule has 164 valence electrons. The SMILES string of the molecule is CCC1=C(C(=O)OC)[C@@H](c2ccccc2)n2c(s/c(=C/c3c(O)[nH]c(=O)[nH]c3=O)c2=O)=N1. The Morgan fingerprint density at radius 2 is 1.97 bits per heavy atom. The molecule has 11 heteroatoms. The van der Waals surface area contributed by atoms with Crippen LogP contribution in [0.5, 0.6) is 5.88 Å². The number of aromatic hydroxyl groups is 1. The number of hydrogen-bond donors (Lipinski definition) is 3. The van der Waals surface area contributed by atoms with Crippen molar-refractivity contribution in [2.45, 2.75) is 19.4 Å². The number of carbonyl (C=O) groups excluding carboxylic acids is 1. The topological polar surface area (TPSA) is 147 Å². The normalized spacial score (nSPS) is 15.9. The minimum atomic E-state index is -0.870. The van der Waals surface area contributed by atoms with Gasteiger partial charge >= 0.3 is 11.7 Å². The van der Waals surface area contributed by atoms with E-state index in [1.807, 2.05) is 18.0 Å². The predicted octanol–water partition coefficient (Wildman–Crippen LogP) is -0.119. The number of ether oxygens (including phenoxy) is 1. The van der Waals surface area contributed by atoms with Gasteiger partial charge in [-0.1, -0.05) is 48.6 Å². The average Bonchev–Trinajstić information content (AvgIpc) is 3.09. The molecule has 1 aliphatic heterocycles. The van der Waals surface area contributed by atoms with E-state index in [0.717, 1.165) is 11.3 Å². The summed E-state index contributed by atoms with van der Waals surface area (Å²) in [5.74, 6) is -1.25. The molecule has 1 atom stereocenters. The third-order valence-corrected chi connectivity index (χ3v) is 5.98. The number of hydrogen-bond acceptors (Lipinski definition) is 8. The molecule has 0 amide bonds. The highest BCUT2D eigenvalue weighted by molar-refractivity contribution is 7.07. The van der Waals surface area contributed by atoms with E-state index < -0.39 is 34.7 Å². The summed E-state index contributed by atoms with van der Waals surface area (Å²) < 4.78 is 6.45. The molecule has 0 saturated carbocycles. The van der Waals surface area contributed by atoms with Crippen molar-refractivity contribution in [3.63, 3.8) is 0 Å². The van der Waals surface area contributed by atoms with Crippen LogP contribution in [-0.2, 0) is 9.53 Å². The van der Waals surface area contributed by atoms with Gasteiger partial charge in [-0.2, -0.15) is 0 Å². The first-order valence-corrected chi connectivity index (χ1v) is 10.4. The van der Waals surface area contributed by atoms with Crippen LogP contribution < -0.4 is 26.1 Å². The van der Waals surface area contributed by atoms with E-state index in [1.54, 1.807) is 24.3 Å². The molecule has 10 nitrogen and oxygen atoms in total. The maximum atomic E-state index is 13.4. The van der Waals surface area contributed by atoms with Crippen LogP contribution in [-0.4, -0.2) is 32.7 Å². The highest BCUT2D eigenvalue weighted by Crippen LogP contribution is 2.31. The number of thiazole rings is 1. The van der Waals surface area contributed by atoms with Gasteiger partial charge in [-0.25, -0.2) is 14.6 Å². The Morgan fingerprint density at radius 1 is 1.25 bits per heavy atom. The summed E-state index contributed by atoms with van der Waals surface area (Å²) >= 11 is 1.00. The minimum Gasteiger partial charge on any atom is -0.494 e. The van der Waals surface area contributed by atoms with Gasteiger partial charge in [0.2, 0.25) is 5.88 Å². The number of fused-ring (bicyclic) bond motifs is 1. The predicted molar refractivity (Wildman–Crippen MR) is 116 cm³/mol. The largest absolute Gasteiger partial charge is 0.494 e. The molecular weight excluding hydrogens is 436 g/mol. The summed E-state index contributed by atoms with van der Waals surface area (Å²) in [4.78, 5) is 58.4. The Morgan fingerprint density at radius 3 is 2.59 bits per heavy atom. The standard InChI is InChI=1S/C21H18N4O6S/c1-3-12-14(19(29)31-2)15(10-7-5-4-6-8-10)25-18(28)13(32-21(25)22-12)9-11-16(26)23-20(30)24-17(11)27/h4-9,15H,3H2,1-2H3,(H3,23,24,26,27,30)/b13-9+/t15-/m1/s1. The molecular formula is C21H18N4O6S. The number of aromatic nitrogens is 3. The van der Waals surface area contributed by atoms with Gasteiger partial charge in [0.05, 0.1) is 29.0 Å². The van der Waals surface area contributed by atoms with Gasteiger partial charge in [0.15, 0.2) is 4.80 Å². The van der Waals surface area contributed by atoms with Gasteiger partial charge in [-0.05, 0) is 18.1 Å². The lowest BCUT2D eigenvalue weighted by Crippen LogP contribution is -2.40. The number of carbonyl (C=O) groups is 1. The first-order chi connectivity index (χ1) is 15.3. The van der Waals surface area contributed by atoms with E-state index in [-0.39, 0.29) is 15.7 Å². The van der Waals surface area contributed by atoms with Crippen LogP contribution in [0.2, 0.25) is 0 Å². The van der Waals surface area contributed by atoms with Gasteiger partial charge in [-0.15, -0.1) is 0 Å². The Labute approximate surface area is 183 Å². The van der Waals surface area contributed by atoms with Crippen molar-refractivity contribution in [2.24, 2.45) is 4.99 Å². The number of benzene rings is 1. The third kappa shape index (κ3) is 3.52. The second-order valence-corrected chi connectivity index (χ2v) is 7.88. The smallest absolute Gasteiger partial charge is 0.338 e. The molecule has 3 heterocycles. The number of esters is 1. The number of H-pyrrole nitrogens is 2. The maximum absolute atomic E-state index is 13.4. The van der Waals surface area contributed by atoms with Crippen LogP contribution >= 0.6 is 11.3 Å². The first-order valence-electron chi connectivity index (χ1n) is 9.59. The zero-order valence-corrected chi connectivity index (χ0v) is 17.9. The highest BCUT2D eigenvalue weighted by Gasteiger charge is 2.33. The Hall–Kier alpha value is -3.99. The molecule has 3 N–H and O–H groups in total. The van der Waals surface area contributed by atoms with Crippen LogP contribution in [0.25, 0.3) is 6.08 Å². The van der Waals surface area contributed by atoms with Crippen LogP contribution in [0.1, 0.15) is 30.5 Å². The van der Waals surface area contributed by atoms with Crippen molar-refractivity contribution in [1.82, 2.24) is 14.5 Å². The van der Waals surface area contributed by atoms with Crippen molar-refractivity contribution in [2.75, 3.05) is 7.11 Å². The highest BCUT2D eigenvalue weighted by atomic mass is 32.1. The fraction of sp³-hybridized carbons (Fsp3) is 0.190. The summed E-state index contributed by atoms with van der Waals surface area (Å²) in [6.07, 6.45) is 1.61. The number of aromatic amines is 2. The Kier molecular flexibility index (Phi) is 5.49. The molecule has 0 aliphatic carbocycles. The molecule has 4 rings (SSSR count). The van der Waals surface area contributed by atoms with Crippen LogP contribution in [0, 0.1) is 0 Å². The van der Waals surface area contributed by atoms with Crippen LogP contribution in [0.3, 0.4) is 0 Å². The quantitative estimate of drug-likeness (QED) is 0.469. The Bertz CT molecular complexity index is 1540. The molecule has 0 fully saturated rings. The van der Waals surface area contributed by atoms with Crippen molar-refractivity contribution in [1.29, 1.82) is 0 Å². The molecule has 2 aromatic heterocycles. The van der Waals surface area contributed by atoms with E-state index in [1.165, 1.54) is 17.8 Å². The summed E-state index contributed by atoms with van der Waals surface area (Å²) in [5.41, 5.74) is -1.07. The third-order valence-electron chi connectivity index (χ3n) is 5.00. The lowest BCUT2D eigenvalue weighted by Gasteiger charge is -2.25. The molecule has 1 aromatic carbocycles. The van der Waals surface area contributed by atoms with Gasteiger partial charge in [0, 0.05) is 0 Å². The van der Waals surface area contributed by atoms with E-state index in [4.69, 9.17) is 4.74 Å². The molecule has 32 heavy (non-hydrogen) atoms. The summed E-state index contributed by atoms with van der Waals surface area (Å²) in [7, 11) is 1.26. The Balaban J connectivity index is 2.05. The molecule has 0 bridgehead atoms. The summed E-state index contributed by atoms with van der Waals surface area (Å²) in [6, 6.07) is 8.22. The monoisotopic (exact) mass is 454 g/mol. The molecule has 0 unspecified atom stereocenters. The summed E-state index contributed by atoms with van der Waals surface area (Å²) in [6.45, 7) is 1.84. The average molecular weight is 454 g/mol. The number of methoxy groups -OCH3 is 1. The molecule has 0 saturated heterocycles. The minimum absolute atomic E-state index is 0.0964. The van der Waals surface area contributed by atoms with Gasteiger partial charge in [0.1, 0.15) is 5.56 Å². The van der Waals surface area contributed by atoms with E-state index >= 15 is 0 Å². The fourth-order valence-electron chi connectivity index (χ4n) is 3.56. The number of rotatable bonds is 4.